The van der Waals surface area contributed by atoms with Crippen molar-refractivity contribution in [3.63, 3.8) is 0 Å². The Bertz CT molecular complexity index is 1140. The highest BCUT2D eigenvalue weighted by atomic mass is 16.7. The van der Waals surface area contributed by atoms with Crippen molar-refractivity contribution in [3.05, 3.63) is 47.8 Å². The third-order valence-corrected chi connectivity index (χ3v) is 7.78. The summed E-state index contributed by atoms with van der Waals surface area (Å²) in [5, 5.41) is 14.4. The van der Waals surface area contributed by atoms with Crippen LogP contribution in [0, 0.1) is 0 Å². The number of ether oxygens (including phenoxy) is 2. The third kappa shape index (κ3) is 4.20. The van der Waals surface area contributed by atoms with E-state index < -0.39 is 0 Å². The number of nitrogens with zero attached hydrogens (tertiary/aromatic N) is 5. The normalized spacial score (nSPS) is 22.1. The van der Waals surface area contributed by atoms with Crippen LogP contribution in [0.1, 0.15) is 42.9 Å². The van der Waals surface area contributed by atoms with Crippen molar-refractivity contribution in [1.82, 2.24) is 24.4 Å². The molecule has 1 aromatic carbocycles. The summed E-state index contributed by atoms with van der Waals surface area (Å²) in [5.74, 6) is -0.0474. The number of fused-ring (bicyclic) bond motifs is 1. The molecular weight excluding hydrogens is 430 g/mol. The first-order chi connectivity index (χ1) is 16.6. The molecule has 34 heavy (non-hydrogen) atoms. The van der Waals surface area contributed by atoms with Gasteiger partial charge in [-0.1, -0.05) is 24.3 Å². The Hall–Kier alpha value is -2.52. The predicted octanol–water partition coefficient (Wildman–Crippen LogP) is 3.25. The van der Waals surface area contributed by atoms with Crippen molar-refractivity contribution >= 4 is 5.52 Å². The first-order valence-corrected chi connectivity index (χ1v) is 12.4. The minimum atomic E-state index is -0.386. The van der Waals surface area contributed by atoms with E-state index >= 15 is 0 Å². The maximum absolute atomic E-state index is 10.0. The molecule has 3 aliphatic rings. The molecular formula is C26H33N5O3. The second-order valence-corrected chi connectivity index (χ2v) is 10.00. The van der Waals surface area contributed by atoms with Crippen molar-refractivity contribution in [2.75, 3.05) is 46.4 Å². The molecule has 1 aliphatic carbocycles. The molecule has 3 aromatic rings. The van der Waals surface area contributed by atoms with Gasteiger partial charge in [-0.3, -0.25) is 4.90 Å². The van der Waals surface area contributed by atoms with E-state index in [-0.39, 0.29) is 11.8 Å². The number of benzene rings is 1. The molecule has 3 fully saturated rings. The second kappa shape index (κ2) is 8.92. The van der Waals surface area contributed by atoms with Gasteiger partial charge in [0, 0.05) is 62.7 Å². The molecule has 8 nitrogen and oxygen atoms in total. The van der Waals surface area contributed by atoms with Crippen LogP contribution in [0.2, 0.25) is 0 Å². The van der Waals surface area contributed by atoms with Crippen LogP contribution >= 0.6 is 0 Å². The molecule has 180 valence electrons. The molecule has 1 saturated carbocycles. The van der Waals surface area contributed by atoms with E-state index in [4.69, 9.17) is 9.47 Å². The summed E-state index contributed by atoms with van der Waals surface area (Å²) in [5.41, 5.74) is 5.63. The van der Waals surface area contributed by atoms with Crippen molar-refractivity contribution in [3.8, 4) is 17.1 Å². The fourth-order valence-corrected chi connectivity index (χ4v) is 5.72. The van der Waals surface area contributed by atoms with Gasteiger partial charge in [-0.25, -0.2) is 9.50 Å². The van der Waals surface area contributed by atoms with Crippen molar-refractivity contribution < 1.29 is 14.6 Å². The fraction of sp³-hybridized carbons (Fsp3) is 0.538. The predicted molar refractivity (Wildman–Crippen MR) is 129 cm³/mol. The molecule has 6 rings (SSSR count). The maximum atomic E-state index is 10.0. The fourth-order valence-electron chi connectivity index (χ4n) is 5.72. The number of aromatic hydroxyl groups is 1. The zero-order chi connectivity index (χ0) is 23.1. The molecule has 8 heteroatoms. The van der Waals surface area contributed by atoms with Crippen LogP contribution in [-0.2, 0) is 16.0 Å². The number of hydrogen-bond donors (Lipinski definition) is 1. The van der Waals surface area contributed by atoms with E-state index in [0.717, 1.165) is 80.7 Å². The smallest absolute Gasteiger partial charge is 0.331 e. The largest absolute Gasteiger partial charge is 0.478 e. The summed E-state index contributed by atoms with van der Waals surface area (Å²) >= 11 is 0. The molecule has 0 radical (unpaired) electrons. The van der Waals surface area contributed by atoms with Crippen LogP contribution in [0.15, 0.2) is 36.5 Å². The maximum Gasteiger partial charge on any atom is 0.331 e. The molecule has 0 unspecified atom stereocenters. The minimum Gasteiger partial charge on any atom is -0.478 e. The van der Waals surface area contributed by atoms with Gasteiger partial charge in [0.2, 0.25) is 0 Å². The average Bonchev–Trinajstić information content (AvgIpc) is 3.46. The number of rotatable bonds is 4. The van der Waals surface area contributed by atoms with Gasteiger partial charge in [-0.2, -0.15) is 0 Å². The second-order valence-electron chi connectivity index (χ2n) is 10.00. The van der Waals surface area contributed by atoms with Gasteiger partial charge in [0.15, 0.2) is 5.79 Å². The molecule has 0 bridgehead atoms. The lowest BCUT2D eigenvalue weighted by atomic mass is 9.83. The van der Waals surface area contributed by atoms with Crippen LogP contribution in [0.25, 0.3) is 16.6 Å². The Labute approximate surface area is 200 Å². The van der Waals surface area contributed by atoms with Crippen LogP contribution < -0.4 is 0 Å². The van der Waals surface area contributed by atoms with E-state index in [9.17, 15) is 5.11 Å². The van der Waals surface area contributed by atoms with Gasteiger partial charge < -0.3 is 19.5 Å². The molecule has 1 spiro atoms. The lowest BCUT2D eigenvalue weighted by Crippen LogP contribution is -2.43. The number of aromatic nitrogens is 3. The highest BCUT2D eigenvalue weighted by Gasteiger charge is 2.41. The zero-order valence-corrected chi connectivity index (χ0v) is 19.8. The minimum absolute atomic E-state index is 0.201. The Kier molecular flexibility index (Phi) is 5.77. The van der Waals surface area contributed by atoms with Crippen LogP contribution in [0.5, 0.6) is 6.01 Å². The monoisotopic (exact) mass is 463 g/mol. The van der Waals surface area contributed by atoms with E-state index in [2.05, 4.69) is 57.3 Å². The molecule has 0 atom stereocenters. The first kappa shape index (κ1) is 22.0. The SMILES string of the molecule is CN1CCN(Cc2ccc(-c3cc(C4CCC5(CC4)OCCO5)n4nc(O)ncc34)cc2)CC1. The van der Waals surface area contributed by atoms with E-state index in [1.165, 1.54) is 5.56 Å². The lowest BCUT2D eigenvalue weighted by molar-refractivity contribution is -0.179. The quantitative estimate of drug-likeness (QED) is 0.637. The summed E-state index contributed by atoms with van der Waals surface area (Å²) < 4.78 is 13.7. The van der Waals surface area contributed by atoms with Crippen molar-refractivity contribution in [2.24, 2.45) is 0 Å². The van der Waals surface area contributed by atoms with Gasteiger partial charge >= 0.3 is 6.01 Å². The van der Waals surface area contributed by atoms with Gasteiger partial charge in [0.1, 0.15) is 0 Å². The standard InChI is InChI=1S/C26H33N5O3/c1-29-10-12-30(13-11-29)18-19-2-4-20(5-3-19)22-16-23(31-24(22)17-27-25(32)28-31)21-6-8-26(9-7-21)33-14-15-34-26/h2-5,16-17,21H,6-15,18H2,1H3,(H,28,32). The lowest BCUT2D eigenvalue weighted by Gasteiger charge is -2.35. The van der Waals surface area contributed by atoms with Crippen LogP contribution in [-0.4, -0.2) is 81.7 Å². The highest BCUT2D eigenvalue weighted by molar-refractivity contribution is 5.81. The Morgan fingerprint density at radius 3 is 2.44 bits per heavy atom. The van der Waals surface area contributed by atoms with Crippen molar-refractivity contribution in [1.29, 1.82) is 0 Å². The first-order valence-electron chi connectivity index (χ1n) is 12.4. The van der Waals surface area contributed by atoms with E-state index in [1.54, 1.807) is 6.20 Å². The summed E-state index contributed by atoms with van der Waals surface area (Å²) in [7, 11) is 2.19. The number of hydrogen-bond acceptors (Lipinski definition) is 7. The highest BCUT2D eigenvalue weighted by Crippen LogP contribution is 2.44. The Morgan fingerprint density at radius 1 is 1.03 bits per heavy atom. The van der Waals surface area contributed by atoms with Gasteiger partial charge in [-0.15, -0.1) is 5.10 Å². The third-order valence-electron chi connectivity index (χ3n) is 7.78. The van der Waals surface area contributed by atoms with Gasteiger partial charge in [-0.05, 0) is 37.1 Å². The Morgan fingerprint density at radius 2 is 1.74 bits per heavy atom. The summed E-state index contributed by atoms with van der Waals surface area (Å²) in [4.78, 5) is 8.99. The molecule has 0 amide bonds. The molecule has 4 heterocycles. The van der Waals surface area contributed by atoms with Gasteiger partial charge in [0.25, 0.3) is 0 Å². The molecule has 2 saturated heterocycles. The Balaban J connectivity index is 1.25. The molecule has 1 N–H and O–H groups in total. The summed E-state index contributed by atoms with van der Waals surface area (Å²) in [6.45, 7) is 6.86. The number of piperazine rings is 1. The zero-order valence-electron chi connectivity index (χ0n) is 19.8. The van der Waals surface area contributed by atoms with Gasteiger partial charge in [0.05, 0.1) is 24.9 Å². The van der Waals surface area contributed by atoms with E-state index in [1.807, 2.05) is 4.52 Å². The molecule has 2 aromatic heterocycles. The number of likely N-dealkylation sites (N-methyl/N-ethyl adjacent to an activating group) is 1. The van der Waals surface area contributed by atoms with Crippen LogP contribution in [0.3, 0.4) is 0 Å². The van der Waals surface area contributed by atoms with Crippen molar-refractivity contribution in [2.45, 2.75) is 43.9 Å². The summed E-state index contributed by atoms with van der Waals surface area (Å²) in [6.07, 6.45) is 5.45. The topological polar surface area (TPSA) is 75.4 Å². The average molecular weight is 464 g/mol. The summed E-state index contributed by atoms with van der Waals surface area (Å²) in [6, 6.07) is 10.9. The van der Waals surface area contributed by atoms with Crippen LogP contribution in [0.4, 0.5) is 0 Å². The van der Waals surface area contributed by atoms with E-state index in [0.29, 0.717) is 19.1 Å². The molecule has 2 aliphatic heterocycles.